The van der Waals surface area contributed by atoms with Gasteiger partial charge >= 0.3 is 5.69 Å². The van der Waals surface area contributed by atoms with Crippen molar-refractivity contribution < 1.29 is 14.4 Å². The molecule has 2 aromatic rings. The molecule has 0 spiro atoms. The molecule has 0 atom stereocenters. The number of alkyl halides is 1. The van der Waals surface area contributed by atoms with Gasteiger partial charge in [0.05, 0.1) is 16.5 Å². The molecule has 0 aliphatic rings. The number of methoxy groups -OCH3 is 1. The number of rotatable bonds is 5. The lowest BCUT2D eigenvalue weighted by molar-refractivity contribution is -0.385. The van der Waals surface area contributed by atoms with E-state index in [1.807, 2.05) is 0 Å². The van der Waals surface area contributed by atoms with Gasteiger partial charge in [-0.3, -0.25) is 10.1 Å². The quantitative estimate of drug-likeness (QED) is 0.388. The highest BCUT2D eigenvalue weighted by atomic mass is 79.9. The topological polar surface area (TPSA) is 61.6 Å². The first-order valence-corrected chi connectivity index (χ1v) is 7.81. The number of nitrogens with zero attached hydrogens (tertiary/aromatic N) is 1. The first-order valence-electron chi connectivity index (χ1n) is 5.90. The lowest BCUT2D eigenvalue weighted by Gasteiger charge is -2.10. The van der Waals surface area contributed by atoms with E-state index in [2.05, 4.69) is 31.9 Å². The zero-order chi connectivity index (χ0) is 15.4. The van der Waals surface area contributed by atoms with Crippen molar-refractivity contribution in [3.05, 3.63) is 56.5 Å². The van der Waals surface area contributed by atoms with E-state index in [9.17, 15) is 10.1 Å². The zero-order valence-electron chi connectivity index (χ0n) is 11.0. The number of hydrogen-bond donors (Lipinski definition) is 0. The van der Waals surface area contributed by atoms with E-state index in [1.54, 1.807) is 37.4 Å². The molecule has 110 valence electrons. The van der Waals surface area contributed by atoms with Crippen molar-refractivity contribution in [3.8, 4) is 17.2 Å². The summed E-state index contributed by atoms with van der Waals surface area (Å²) in [6, 6.07) is 9.99. The molecule has 2 rings (SSSR count). The maximum Gasteiger partial charge on any atom is 0.311 e. The third-order valence-corrected chi connectivity index (χ3v) is 4.00. The highest BCUT2D eigenvalue weighted by Gasteiger charge is 2.17. The average molecular weight is 417 g/mol. The van der Waals surface area contributed by atoms with Gasteiger partial charge in [-0.15, -0.1) is 0 Å². The normalized spacial score (nSPS) is 10.2. The minimum absolute atomic E-state index is 0.0744. The highest BCUT2D eigenvalue weighted by molar-refractivity contribution is 9.10. The molecule has 0 radical (unpaired) electrons. The molecular weight excluding hydrogens is 406 g/mol. The van der Waals surface area contributed by atoms with Crippen molar-refractivity contribution in [2.45, 2.75) is 5.33 Å². The van der Waals surface area contributed by atoms with Crippen LogP contribution in [0.2, 0.25) is 0 Å². The van der Waals surface area contributed by atoms with Crippen LogP contribution in [0.5, 0.6) is 17.2 Å². The molecular formula is C14H11Br2NO4. The van der Waals surface area contributed by atoms with Crippen LogP contribution < -0.4 is 9.47 Å². The number of nitro groups is 1. The van der Waals surface area contributed by atoms with Crippen molar-refractivity contribution in [2.24, 2.45) is 0 Å². The van der Waals surface area contributed by atoms with Crippen LogP contribution in [-0.2, 0) is 5.33 Å². The largest absolute Gasteiger partial charge is 0.497 e. The fourth-order valence-corrected chi connectivity index (χ4v) is 2.47. The molecule has 0 fully saturated rings. The fourth-order valence-electron chi connectivity index (χ4n) is 1.68. The van der Waals surface area contributed by atoms with Gasteiger partial charge in [-0.1, -0.05) is 22.0 Å². The second-order valence-corrected chi connectivity index (χ2v) is 5.51. The van der Waals surface area contributed by atoms with Gasteiger partial charge in [-0.25, -0.2) is 0 Å². The Morgan fingerprint density at radius 3 is 2.48 bits per heavy atom. The van der Waals surface area contributed by atoms with Crippen molar-refractivity contribution in [3.63, 3.8) is 0 Å². The summed E-state index contributed by atoms with van der Waals surface area (Å²) in [5, 5.41) is 11.7. The van der Waals surface area contributed by atoms with Gasteiger partial charge < -0.3 is 9.47 Å². The Hall–Kier alpha value is -1.60. The lowest BCUT2D eigenvalue weighted by Crippen LogP contribution is -1.95. The van der Waals surface area contributed by atoms with E-state index in [-0.39, 0.29) is 11.4 Å². The van der Waals surface area contributed by atoms with Crippen LogP contribution in [-0.4, -0.2) is 12.0 Å². The standard InChI is InChI=1S/C14H11Br2NO4/c1-20-10-3-5-13(11(16)7-10)21-14-4-2-9(8-15)6-12(14)17(18)19/h2-7H,8H2,1H3. The Kier molecular flexibility index (Phi) is 5.19. The van der Waals surface area contributed by atoms with Crippen LogP contribution in [0, 0.1) is 10.1 Å². The third kappa shape index (κ3) is 3.74. The monoisotopic (exact) mass is 415 g/mol. The van der Waals surface area contributed by atoms with Crippen LogP contribution >= 0.6 is 31.9 Å². The Labute approximate surface area is 138 Å². The summed E-state index contributed by atoms with van der Waals surface area (Å²) in [4.78, 5) is 10.7. The number of halogens is 2. The third-order valence-electron chi connectivity index (χ3n) is 2.73. The molecule has 2 aromatic carbocycles. The molecule has 0 N–H and O–H groups in total. The van der Waals surface area contributed by atoms with Crippen molar-refractivity contribution in [1.82, 2.24) is 0 Å². The van der Waals surface area contributed by atoms with Crippen molar-refractivity contribution in [2.75, 3.05) is 7.11 Å². The van der Waals surface area contributed by atoms with E-state index >= 15 is 0 Å². The molecule has 0 bridgehead atoms. The summed E-state index contributed by atoms with van der Waals surface area (Å²) in [6.45, 7) is 0. The summed E-state index contributed by atoms with van der Waals surface area (Å²) < 4.78 is 11.4. The molecule has 0 aromatic heterocycles. The molecule has 0 aliphatic heterocycles. The summed E-state index contributed by atoms with van der Waals surface area (Å²) in [7, 11) is 1.56. The Bertz CT molecular complexity index is 676. The van der Waals surface area contributed by atoms with Crippen LogP contribution in [0.1, 0.15) is 5.56 Å². The van der Waals surface area contributed by atoms with Crippen molar-refractivity contribution >= 4 is 37.5 Å². The highest BCUT2D eigenvalue weighted by Crippen LogP contribution is 2.37. The van der Waals surface area contributed by atoms with Gasteiger partial charge in [-0.2, -0.15) is 0 Å². The minimum atomic E-state index is -0.459. The van der Waals surface area contributed by atoms with E-state index in [0.29, 0.717) is 21.3 Å². The van der Waals surface area contributed by atoms with Crippen LogP contribution in [0.4, 0.5) is 5.69 Å². The van der Waals surface area contributed by atoms with Crippen molar-refractivity contribution in [1.29, 1.82) is 0 Å². The number of ether oxygens (including phenoxy) is 2. The zero-order valence-corrected chi connectivity index (χ0v) is 14.2. The Morgan fingerprint density at radius 1 is 1.19 bits per heavy atom. The molecule has 0 saturated heterocycles. The van der Waals surface area contributed by atoms with Gasteiger partial charge in [0, 0.05) is 11.4 Å². The Morgan fingerprint density at radius 2 is 1.90 bits per heavy atom. The van der Waals surface area contributed by atoms with Crippen LogP contribution in [0.15, 0.2) is 40.9 Å². The number of hydrogen-bond acceptors (Lipinski definition) is 4. The number of benzene rings is 2. The SMILES string of the molecule is COc1ccc(Oc2ccc(CBr)cc2[N+](=O)[O-])c(Br)c1. The summed E-state index contributed by atoms with van der Waals surface area (Å²) >= 11 is 6.63. The summed E-state index contributed by atoms with van der Waals surface area (Å²) in [5.41, 5.74) is 0.734. The maximum atomic E-state index is 11.1. The average Bonchev–Trinajstić information content (AvgIpc) is 2.49. The molecule has 5 nitrogen and oxygen atoms in total. The summed E-state index contributed by atoms with van der Waals surface area (Å²) in [5.74, 6) is 1.33. The molecule has 0 amide bonds. The lowest BCUT2D eigenvalue weighted by atomic mass is 10.2. The van der Waals surface area contributed by atoms with E-state index < -0.39 is 4.92 Å². The smallest absolute Gasteiger partial charge is 0.311 e. The molecule has 0 saturated carbocycles. The first-order chi connectivity index (χ1) is 10.0. The first kappa shape index (κ1) is 15.8. The van der Waals surface area contributed by atoms with Crippen LogP contribution in [0.3, 0.4) is 0 Å². The van der Waals surface area contributed by atoms with Gasteiger partial charge in [-0.05, 0) is 45.8 Å². The van der Waals surface area contributed by atoms with Gasteiger partial charge in [0.15, 0.2) is 0 Å². The summed E-state index contributed by atoms with van der Waals surface area (Å²) in [6.07, 6.45) is 0. The molecule has 0 unspecified atom stereocenters. The maximum absolute atomic E-state index is 11.1. The van der Waals surface area contributed by atoms with Gasteiger partial charge in [0.1, 0.15) is 11.5 Å². The Balaban J connectivity index is 2.37. The number of nitro benzene ring substituents is 1. The predicted molar refractivity (Wildman–Crippen MR) is 86.5 cm³/mol. The molecule has 21 heavy (non-hydrogen) atoms. The predicted octanol–water partition coefficient (Wildman–Crippen LogP) is 5.05. The molecule has 0 heterocycles. The van der Waals surface area contributed by atoms with E-state index in [0.717, 1.165) is 5.56 Å². The van der Waals surface area contributed by atoms with E-state index in [1.165, 1.54) is 6.07 Å². The van der Waals surface area contributed by atoms with Crippen LogP contribution in [0.25, 0.3) is 0 Å². The van der Waals surface area contributed by atoms with Gasteiger partial charge in [0.25, 0.3) is 0 Å². The fraction of sp³-hybridized carbons (Fsp3) is 0.143. The second kappa shape index (κ2) is 6.91. The minimum Gasteiger partial charge on any atom is -0.497 e. The van der Waals surface area contributed by atoms with Gasteiger partial charge in [0.2, 0.25) is 5.75 Å². The second-order valence-electron chi connectivity index (χ2n) is 4.09. The molecule has 7 heteroatoms. The molecule has 0 aliphatic carbocycles. The van der Waals surface area contributed by atoms with E-state index in [4.69, 9.17) is 9.47 Å².